The molecule has 0 spiro atoms. The summed E-state index contributed by atoms with van der Waals surface area (Å²) in [5.74, 6) is 3.77. The van der Waals surface area contributed by atoms with E-state index in [1.807, 2.05) is 25.1 Å². The van der Waals surface area contributed by atoms with E-state index in [1.54, 1.807) is 13.1 Å². The summed E-state index contributed by atoms with van der Waals surface area (Å²) in [6.07, 6.45) is 1.33. The van der Waals surface area contributed by atoms with Crippen LogP contribution < -0.4 is 16.2 Å². The molecule has 2 aromatic rings. The molecular weight excluding hydrogens is 259 g/mol. The molecular formula is C14H15FN4O. The van der Waals surface area contributed by atoms with E-state index in [-0.39, 0.29) is 11.4 Å². The maximum atomic E-state index is 14.0. The Morgan fingerprint density at radius 1 is 1.35 bits per heavy atom. The van der Waals surface area contributed by atoms with Gasteiger partial charge in [-0.3, -0.25) is 4.79 Å². The van der Waals surface area contributed by atoms with Gasteiger partial charge in [0.2, 0.25) is 0 Å². The summed E-state index contributed by atoms with van der Waals surface area (Å²) in [6.45, 7) is 1.88. The fraction of sp³-hybridized carbons (Fsp3) is 0.143. The summed E-state index contributed by atoms with van der Waals surface area (Å²) in [7, 11) is 1.60. The van der Waals surface area contributed by atoms with Crippen LogP contribution in [0.2, 0.25) is 0 Å². The number of rotatable bonds is 3. The second kappa shape index (κ2) is 5.66. The van der Waals surface area contributed by atoms with E-state index in [0.717, 1.165) is 11.3 Å². The highest BCUT2D eigenvalue weighted by molar-refractivity contribution is 6.06. The van der Waals surface area contributed by atoms with E-state index in [1.165, 1.54) is 17.2 Å². The van der Waals surface area contributed by atoms with Crippen LogP contribution >= 0.6 is 0 Å². The fourth-order valence-corrected chi connectivity index (χ4v) is 1.94. The smallest absolute Gasteiger partial charge is 0.261 e. The average molecular weight is 274 g/mol. The number of amides is 1. The predicted octanol–water partition coefficient (Wildman–Crippen LogP) is 2.09. The van der Waals surface area contributed by atoms with Gasteiger partial charge in [-0.15, -0.1) is 0 Å². The highest BCUT2D eigenvalue weighted by Gasteiger charge is 2.20. The van der Waals surface area contributed by atoms with E-state index in [9.17, 15) is 9.18 Å². The standard InChI is InChI=1S/C14H15FN4O/c1-9-5-3-4-6-11(9)19(2)14(20)10-7-8-17-13(18-16)12(10)15/h3-8H,16H2,1-2H3,(H,17,18). The Bertz CT molecular complexity index is 645. The summed E-state index contributed by atoms with van der Waals surface area (Å²) in [6, 6.07) is 8.71. The van der Waals surface area contributed by atoms with Crippen LogP contribution in [0.4, 0.5) is 15.9 Å². The Kier molecular flexibility index (Phi) is 3.95. The minimum absolute atomic E-state index is 0.0845. The minimum atomic E-state index is -0.763. The Morgan fingerprint density at radius 2 is 2.05 bits per heavy atom. The van der Waals surface area contributed by atoms with Crippen molar-refractivity contribution in [3.05, 3.63) is 53.5 Å². The van der Waals surface area contributed by atoms with Crippen molar-refractivity contribution < 1.29 is 9.18 Å². The second-order valence-electron chi connectivity index (χ2n) is 4.32. The van der Waals surface area contributed by atoms with Gasteiger partial charge in [-0.05, 0) is 24.6 Å². The first-order valence-electron chi connectivity index (χ1n) is 6.01. The van der Waals surface area contributed by atoms with Gasteiger partial charge in [0, 0.05) is 18.9 Å². The van der Waals surface area contributed by atoms with Crippen LogP contribution in [0.25, 0.3) is 0 Å². The number of pyridine rings is 1. The van der Waals surface area contributed by atoms with Gasteiger partial charge < -0.3 is 10.3 Å². The molecule has 0 saturated heterocycles. The Hall–Kier alpha value is -2.47. The van der Waals surface area contributed by atoms with Gasteiger partial charge in [0.25, 0.3) is 5.91 Å². The lowest BCUT2D eigenvalue weighted by Crippen LogP contribution is -2.28. The molecule has 104 valence electrons. The van der Waals surface area contributed by atoms with Crippen molar-refractivity contribution in [2.45, 2.75) is 6.92 Å². The zero-order valence-corrected chi connectivity index (χ0v) is 11.2. The third-order valence-electron chi connectivity index (χ3n) is 3.04. The molecule has 0 radical (unpaired) electrons. The van der Waals surface area contributed by atoms with Gasteiger partial charge in [-0.25, -0.2) is 15.2 Å². The predicted molar refractivity (Wildman–Crippen MR) is 75.9 cm³/mol. The van der Waals surface area contributed by atoms with Gasteiger partial charge in [0.1, 0.15) is 0 Å². The topological polar surface area (TPSA) is 71.2 Å². The largest absolute Gasteiger partial charge is 0.311 e. The van der Waals surface area contributed by atoms with Crippen molar-refractivity contribution in [1.82, 2.24) is 4.98 Å². The third-order valence-corrected chi connectivity index (χ3v) is 3.04. The number of aromatic nitrogens is 1. The summed E-state index contributed by atoms with van der Waals surface area (Å²) in [5, 5.41) is 0. The van der Waals surface area contributed by atoms with Crippen molar-refractivity contribution in [2.75, 3.05) is 17.4 Å². The van der Waals surface area contributed by atoms with Crippen LogP contribution in [0.1, 0.15) is 15.9 Å². The number of benzene rings is 1. The lowest BCUT2D eigenvalue weighted by molar-refractivity contribution is 0.0989. The summed E-state index contributed by atoms with van der Waals surface area (Å²) in [5.41, 5.74) is 3.68. The first kappa shape index (κ1) is 14.0. The number of carbonyl (C=O) groups is 1. The molecule has 0 bridgehead atoms. The van der Waals surface area contributed by atoms with Gasteiger partial charge in [0.05, 0.1) is 5.56 Å². The number of nitrogen functional groups attached to an aromatic ring is 1. The Morgan fingerprint density at radius 3 is 2.70 bits per heavy atom. The fourth-order valence-electron chi connectivity index (χ4n) is 1.94. The SMILES string of the molecule is Cc1ccccc1N(C)C(=O)c1ccnc(NN)c1F. The highest BCUT2D eigenvalue weighted by Crippen LogP contribution is 2.22. The van der Waals surface area contributed by atoms with Gasteiger partial charge in [0.15, 0.2) is 11.6 Å². The van der Waals surface area contributed by atoms with Crippen LogP contribution in [-0.2, 0) is 0 Å². The van der Waals surface area contributed by atoms with E-state index in [4.69, 9.17) is 5.84 Å². The van der Waals surface area contributed by atoms with Crippen molar-refractivity contribution in [1.29, 1.82) is 0 Å². The molecule has 2 rings (SSSR count). The molecule has 0 aliphatic heterocycles. The van der Waals surface area contributed by atoms with Crippen molar-refractivity contribution >= 4 is 17.4 Å². The molecule has 20 heavy (non-hydrogen) atoms. The lowest BCUT2D eigenvalue weighted by atomic mass is 10.1. The molecule has 6 heteroatoms. The number of nitrogens with zero attached hydrogens (tertiary/aromatic N) is 2. The van der Waals surface area contributed by atoms with Crippen molar-refractivity contribution in [3.63, 3.8) is 0 Å². The van der Waals surface area contributed by atoms with E-state index < -0.39 is 11.7 Å². The molecule has 0 saturated carbocycles. The van der Waals surface area contributed by atoms with E-state index in [0.29, 0.717) is 0 Å². The molecule has 1 heterocycles. The first-order chi connectivity index (χ1) is 9.56. The number of halogens is 1. The van der Waals surface area contributed by atoms with E-state index >= 15 is 0 Å². The lowest BCUT2D eigenvalue weighted by Gasteiger charge is -2.20. The van der Waals surface area contributed by atoms with Gasteiger partial charge in [-0.2, -0.15) is 0 Å². The van der Waals surface area contributed by atoms with Gasteiger partial charge in [-0.1, -0.05) is 18.2 Å². The highest BCUT2D eigenvalue weighted by atomic mass is 19.1. The number of para-hydroxylation sites is 1. The van der Waals surface area contributed by atoms with Crippen LogP contribution in [-0.4, -0.2) is 17.9 Å². The monoisotopic (exact) mass is 274 g/mol. The molecule has 1 aromatic carbocycles. The first-order valence-corrected chi connectivity index (χ1v) is 6.01. The Labute approximate surface area is 116 Å². The molecule has 1 aromatic heterocycles. The minimum Gasteiger partial charge on any atom is -0.311 e. The van der Waals surface area contributed by atoms with Crippen LogP contribution in [0.5, 0.6) is 0 Å². The van der Waals surface area contributed by atoms with Crippen LogP contribution in [0.3, 0.4) is 0 Å². The molecule has 0 aliphatic rings. The Balaban J connectivity index is 2.39. The number of anilines is 2. The second-order valence-corrected chi connectivity index (χ2v) is 4.32. The van der Waals surface area contributed by atoms with E-state index in [2.05, 4.69) is 10.4 Å². The number of hydrazine groups is 1. The normalized spacial score (nSPS) is 10.2. The third kappa shape index (κ3) is 2.46. The van der Waals surface area contributed by atoms with Crippen molar-refractivity contribution in [3.8, 4) is 0 Å². The van der Waals surface area contributed by atoms with Crippen LogP contribution in [0, 0.1) is 12.7 Å². The maximum absolute atomic E-state index is 14.0. The number of carbonyl (C=O) groups excluding carboxylic acids is 1. The quantitative estimate of drug-likeness (QED) is 0.664. The molecule has 1 amide bonds. The summed E-state index contributed by atoms with van der Waals surface area (Å²) in [4.78, 5) is 17.5. The molecule has 0 aliphatic carbocycles. The number of hydrogen-bond acceptors (Lipinski definition) is 4. The molecule has 3 N–H and O–H groups in total. The summed E-state index contributed by atoms with van der Waals surface area (Å²) >= 11 is 0. The molecule has 0 fully saturated rings. The zero-order chi connectivity index (χ0) is 14.7. The maximum Gasteiger partial charge on any atom is 0.261 e. The van der Waals surface area contributed by atoms with Crippen LogP contribution in [0.15, 0.2) is 36.5 Å². The molecule has 0 unspecified atom stereocenters. The van der Waals surface area contributed by atoms with Gasteiger partial charge >= 0.3 is 0 Å². The number of hydrogen-bond donors (Lipinski definition) is 2. The molecule has 5 nitrogen and oxygen atoms in total. The number of nitrogens with one attached hydrogen (secondary N) is 1. The zero-order valence-electron chi connectivity index (χ0n) is 11.2. The number of nitrogens with two attached hydrogens (primary N) is 1. The van der Waals surface area contributed by atoms with Crippen molar-refractivity contribution in [2.24, 2.45) is 5.84 Å². The molecule has 0 atom stereocenters. The average Bonchev–Trinajstić information content (AvgIpc) is 2.46. The summed E-state index contributed by atoms with van der Waals surface area (Å²) < 4.78 is 14.0. The number of aryl methyl sites for hydroxylation is 1.